The van der Waals surface area contributed by atoms with Crippen molar-refractivity contribution >= 4 is 17.5 Å². The van der Waals surface area contributed by atoms with Crippen molar-refractivity contribution in [3.63, 3.8) is 0 Å². The molecule has 32 heavy (non-hydrogen) atoms. The fourth-order valence-corrected chi connectivity index (χ4v) is 3.80. The monoisotopic (exact) mass is 432 g/mol. The maximum atomic E-state index is 12.7. The van der Waals surface area contributed by atoms with Gasteiger partial charge in [0.05, 0.1) is 11.5 Å². The molecule has 6 heteroatoms. The molecule has 0 saturated carbocycles. The Morgan fingerprint density at radius 2 is 1.88 bits per heavy atom. The van der Waals surface area contributed by atoms with Gasteiger partial charge in [0.25, 0.3) is 11.8 Å². The Morgan fingerprint density at radius 3 is 2.56 bits per heavy atom. The van der Waals surface area contributed by atoms with E-state index in [-0.39, 0.29) is 18.4 Å². The Labute approximate surface area is 190 Å². The van der Waals surface area contributed by atoms with E-state index < -0.39 is 5.92 Å². The van der Waals surface area contributed by atoms with Gasteiger partial charge in [-0.25, -0.2) is 4.99 Å². The third kappa shape index (κ3) is 6.20. The van der Waals surface area contributed by atoms with E-state index in [4.69, 9.17) is 0 Å². The van der Waals surface area contributed by atoms with E-state index in [1.54, 1.807) is 19.3 Å². The Morgan fingerprint density at radius 1 is 1.12 bits per heavy atom. The SMILES string of the molecule is CCCCN(C)Cc1ccc(-c2cncc(C(=O)NCC3C(=O)N=C(C)C=C3C)c2)cc1. The molecule has 3 rings (SSSR count). The minimum Gasteiger partial charge on any atom is -0.351 e. The van der Waals surface area contributed by atoms with Crippen LogP contribution < -0.4 is 5.32 Å². The van der Waals surface area contributed by atoms with Crippen LogP contribution >= 0.6 is 0 Å². The number of unbranched alkanes of at least 4 members (excludes halogenated alkanes) is 1. The third-order valence-electron chi connectivity index (χ3n) is 5.67. The maximum absolute atomic E-state index is 12.7. The topological polar surface area (TPSA) is 74.7 Å². The van der Waals surface area contributed by atoms with E-state index in [9.17, 15) is 9.59 Å². The van der Waals surface area contributed by atoms with Crippen molar-refractivity contribution in [2.75, 3.05) is 20.1 Å². The molecule has 0 bridgehead atoms. The molecule has 168 valence electrons. The molecule has 0 saturated heterocycles. The molecule has 0 aliphatic carbocycles. The van der Waals surface area contributed by atoms with Gasteiger partial charge in [0.15, 0.2) is 0 Å². The van der Waals surface area contributed by atoms with Gasteiger partial charge in [-0.3, -0.25) is 14.6 Å². The van der Waals surface area contributed by atoms with Gasteiger partial charge in [0, 0.05) is 36.8 Å². The number of benzene rings is 1. The summed E-state index contributed by atoms with van der Waals surface area (Å²) in [7, 11) is 2.14. The fraction of sp³-hybridized carbons (Fsp3) is 0.385. The summed E-state index contributed by atoms with van der Waals surface area (Å²) in [4.78, 5) is 35.4. The first-order valence-corrected chi connectivity index (χ1v) is 11.2. The predicted molar refractivity (Wildman–Crippen MR) is 129 cm³/mol. The van der Waals surface area contributed by atoms with Gasteiger partial charge in [0.1, 0.15) is 0 Å². The molecule has 0 radical (unpaired) electrons. The molecule has 1 aromatic carbocycles. The van der Waals surface area contributed by atoms with Gasteiger partial charge >= 0.3 is 0 Å². The lowest BCUT2D eigenvalue weighted by Gasteiger charge is -2.18. The lowest BCUT2D eigenvalue weighted by Crippen LogP contribution is -2.34. The van der Waals surface area contributed by atoms with Crippen LogP contribution in [0.4, 0.5) is 0 Å². The largest absolute Gasteiger partial charge is 0.351 e. The fourth-order valence-electron chi connectivity index (χ4n) is 3.80. The molecule has 1 aliphatic rings. The van der Waals surface area contributed by atoms with Crippen LogP contribution in [0.2, 0.25) is 0 Å². The van der Waals surface area contributed by atoms with Gasteiger partial charge in [-0.15, -0.1) is 0 Å². The van der Waals surface area contributed by atoms with Crippen molar-refractivity contribution in [2.45, 2.75) is 40.2 Å². The highest BCUT2D eigenvalue weighted by Gasteiger charge is 2.24. The number of carbonyl (C=O) groups excluding carboxylic acids is 2. The molecule has 1 unspecified atom stereocenters. The number of hydrogen-bond donors (Lipinski definition) is 1. The Balaban J connectivity index is 1.63. The summed E-state index contributed by atoms with van der Waals surface area (Å²) in [6.45, 7) is 8.12. The van der Waals surface area contributed by atoms with Crippen LogP contribution in [-0.2, 0) is 11.3 Å². The van der Waals surface area contributed by atoms with Crippen LogP contribution in [0, 0.1) is 5.92 Å². The van der Waals surface area contributed by atoms with Crippen LogP contribution in [-0.4, -0.2) is 47.5 Å². The average Bonchev–Trinajstić information content (AvgIpc) is 2.77. The molecule has 0 fully saturated rings. The van der Waals surface area contributed by atoms with Gasteiger partial charge in [0.2, 0.25) is 0 Å². The minimum absolute atomic E-state index is 0.213. The lowest BCUT2D eigenvalue weighted by molar-refractivity contribution is -0.120. The first kappa shape index (κ1) is 23.5. The zero-order valence-corrected chi connectivity index (χ0v) is 19.4. The number of aliphatic imine (C=N–C) groups is 1. The van der Waals surface area contributed by atoms with Crippen molar-refractivity contribution in [3.8, 4) is 11.1 Å². The summed E-state index contributed by atoms with van der Waals surface area (Å²) in [5.41, 5.74) is 5.23. The zero-order valence-electron chi connectivity index (χ0n) is 19.4. The summed E-state index contributed by atoms with van der Waals surface area (Å²) in [5, 5.41) is 2.86. The quantitative estimate of drug-likeness (QED) is 0.642. The summed E-state index contributed by atoms with van der Waals surface area (Å²) in [6.07, 6.45) is 7.58. The van der Waals surface area contributed by atoms with Gasteiger partial charge in [-0.05, 0) is 57.1 Å². The standard InChI is InChI=1S/C26H32N4O2/c1-5-6-11-30(4)17-20-7-9-21(10-8-20)22-13-23(15-27-14-22)25(31)28-16-24-18(2)12-19(3)29-26(24)32/h7-10,12-15,24H,5-6,11,16-17H2,1-4H3,(H,28,31). The zero-order chi connectivity index (χ0) is 23.1. The van der Waals surface area contributed by atoms with Crippen LogP contribution in [0.15, 0.2) is 59.4 Å². The second kappa shape index (κ2) is 11.0. The van der Waals surface area contributed by atoms with Gasteiger partial charge in [-0.1, -0.05) is 43.2 Å². The molecular weight excluding hydrogens is 400 g/mol. The van der Waals surface area contributed by atoms with Crippen LogP contribution in [0.25, 0.3) is 11.1 Å². The maximum Gasteiger partial charge on any atom is 0.254 e. The summed E-state index contributed by atoms with van der Waals surface area (Å²) in [5.74, 6) is -0.878. The average molecular weight is 433 g/mol. The summed E-state index contributed by atoms with van der Waals surface area (Å²) < 4.78 is 0. The van der Waals surface area contributed by atoms with E-state index in [2.05, 4.69) is 58.4 Å². The Hall–Kier alpha value is -3.12. The number of hydrogen-bond acceptors (Lipinski definition) is 4. The van der Waals surface area contributed by atoms with Crippen molar-refractivity contribution in [1.29, 1.82) is 0 Å². The molecular formula is C26H32N4O2. The van der Waals surface area contributed by atoms with E-state index in [0.717, 1.165) is 29.8 Å². The first-order valence-electron chi connectivity index (χ1n) is 11.2. The number of aromatic nitrogens is 1. The normalized spacial score (nSPS) is 16.0. The second-order valence-corrected chi connectivity index (χ2v) is 8.49. The van der Waals surface area contributed by atoms with Crippen molar-refractivity contribution in [1.82, 2.24) is 15.2 Å². The molecule has 0 spiro atoms. The second-order valence-electron chi connectivity index (χ2n) is 8.49. The molecule has 2 amide bonds. The number of allylic oxidation sites excluding steroid dienone is 1. The first-order chi connectivity index (χ1) is 15.4. The van der Waals surface area contributed by atoms with Gasteiger partial charge in [-0.2, -0.15) is 0 Å². The number of nitrogens with zero attached hydrogens (tertiary/aromatic N) is 3. The van der Waals surface area contributed by atoms with E-state index in [0.29, 0.717) is 11.3 Å². The molecule has 1 aliphatic heterocycles. The Bertz CT molecular complexity index is 1020. The Kier molecular flexibility index (Phi) is 8.06. The third-order valence-corrected chi connectivity index (χ3v) is 5.67. The van der Waals surface area contributed by atoms with Crippen molar-refractivity contribution < 1.29 is 9.59 Å². The van der Waals surface area contributed by atoms with E-state index in [1.807, 2.05) is 19.1 Å². The highest BCUT2D eigenvalue weighted by molar-refractivity contribution is 6.06. The number of rotatable bonds is 9. The van der Waals surface area contributed by atoms with Crippen LogP contribution in [0.3, 0.4) is 0 Å². The number of dihydropyridines is 1. The summed E-state index contributed by atoms with van der Waals surface area (Å²) >= 11 is 0. The number of carbonyl (C=O) groups is 2. The highest BCUT2D eigenvalue weighted by atomic mass is 16.2. The smallest absolute Gasteiger partial charge is 0.254 e. The molecule has 1 aromatic heterocycles. The molecule has 1 atom stereocenters. The minimum atomic E-state index is -0.415. The molecule has 1 N–H and O–H groups in total. The molecule has 2 aromatic rings. The highest BCUT2D eigenvalue weighted by Crippen LogP contribution is 2.21. The van der Waals surface area contributed by atoms with Crippen molar-refractivity contribution in [2.24, 2.45) is 10.9 Å². The van der Waals surface area contributed by atoms with E-state index in [1.165, 1.54) is 18.4 Å². The number of nitrogens with one attached hydrogen (secondary N) is 1. The lowest BCUT2D eigenvalue weighted by atomic mass is 9.95. The van der Waals surface area contributed by atoms with E-state index >= 15 is 0 Å². The summed E-state index contributed by atoms with van der Waals surface area (Å²) in [6, 6.07) is 10.2. The number of pyridine rings is 1. The number of amides is 2. The predicted octanol–water partition coefficient (Wildman–Crippen LogP) is 4.27. The molecule has 6 nitrogen and oxygen atoms in total. The van der Waals surface area contributed by atoms with Crippen LogP contribution in [0.5, 0.6) is 0 Å². The molecule has 2 heterocycles. The van der Waals surface area contributed by atoms with Crippen LogP contribution in [0.1, 0.15) is 49.5 Å². The van der Waals surface area contributed by atoms with Crippen molar-refractivity contribution in [3.05, 3.63) is 65.5 Å². The van der Waals surface area contributed by atoms with Gasteiger partial charge < -0.3 is 10.2 Å².